The van der Waals surface area contributed by atoms with Gasteiger partial charge in [-0.15, -0.1) is 0 Å². The minimum atomic E-state index is 0.278. The summed E-state index contributed by atoms with van der Waals surface area (Å²) in [5.74, 6) is 0.278. The Morgan fingerprint density at radius 3 is 2.81 bits per heavy atom. The van der Waals surface area contributed by atoms with E-state index >= 15 is 0 Å². The van der Waals surface area contributed by atoms with Crippen LogP contribution in [-0.2, 0) is 11.3 Å². The zero-order valence-electron chi connectivity index (χ0n) is 9.74. The lowest BCUT2D eigenvalue weighted by Gasteiger charge is -2.16. The number of halogens is 1. The highest BCUT2D eigenvalue weighted by molar-refractivity contribution is 9.10. The van der Waals surface area contributed by atoms with Crippen LogP contribution in [0.3, 0.4) is 0 Å². The molecule has 1 N–H and O–H groups in total. The van der Waals surface area contributed by atoms with Crippen LogP contribution in [0.1, 0.15) is 12.5 Å². The van der Waals surface area contributed by atoms with Gasteiger partial charge in [0.2, 0.25) is 0 Å². The summed E-state index contributed by atoms with van der Waals surface area (Å²) in [6.07, 6.45) is 0. The van der Waals surface area contributed by atoms with Gasteiger partial charge < -0.3 is 9.84 Å². The molecule has 0 spiro atoms. The van der Waals surface area contributed by atoms with Crippen molar-refractivity contribution in [3.05, 3.63) is 28.2 Å². The van der Waals surface area contributed by atoms with Crippen LogP contribution in [0.15, 0.2) is 22.7 Å². The van der Waals surface area contributed by atoms with E-state index in [1.165, 1.54) is 5.56 Å². The molecule has 1 aromatic rings. The van der Waals surface area contributed by atoms with Gasteiger partial charge in [-0.3, -0.25) is 4.90 Å². The molecular formula is C12H18BrNO2. The molecule has 3 nitrogen and oxygen atoms in total. The zero-order chi connectivity index (χ0) is 12.0. The summed E-state index contributed by atoms with van der Waals surface area (Å²) in [6.45, 7) is 5.28. The molecule has 0 fully saturated rings. The minimum Gasteiger partial charge on any atom is -0.507 e. The molecule has 0 atom stereocenters. The van der Waals surface area contributed by atoms with E-state index in [0.717, 1.165) is 30.8 Å². The van der Waals surface area contributed by atoms with E-state index in [0.29, 0.717) is 0 Å². The van der Waals surface area contributed by atoms with E-state index in [2.05, 4.69) is 27.9 Å². The first-order valence-corrected chi connectivity index (χ1v) is 6.16. The SMILES string of the molecule is CCOCCN(C)Cc1ccc(O)c(Br)c1. The number of aromatic hydroxyl groups is 1. The quantitative estimate of drug-likeness (QED) is 0.817. The average molecular weight is 288 g/mol. The third kappa shape index (κ3) is 4.51. The van der Waals surface area contributed by atoms with Crippen LogP contribution in [0, 0.1) is 0 Å². The van der Waals surface area contributed by atoms with Crippen LogP contribution in [0.25, 0.3) is 0 Å². The van der Waals surface area contributed by atoms with Crippen LogP contribution in [0.5, 0.6) is 5.75 Å². The first-order chi connectivity index (χ1) is 7.63. The molecular weight excluding hydrogens is 270 g/mol. The van der Waals surface area contributed by atoms with Crippen molar-refractivity contribution in [2.24, 2.45) is 0 Å². The molecule has 0 radical (unpaired) electrons. The van der Waals surface area contributed by atoms with E-state index in [4.69, 9.17) is 4.74 Å². The van der Waals surface area contributed by atoms with E-state index < -0.39 is 0 Å². The van der Waals surface area contributed by atoms with Crippen LogP contribution >= 0.6 is 15.9 Å². The Morgan fingerprint density at radius 2 is 2.19 bits per heavy atom. The molecule has 0 aromatic heterocycles. The second-order valence-electron chi connectivity index (χ2n) is 3.72. The molecule has 0 aliphatic heterocycles. The lowest BCUT2D eigenvalue weighted by atomic mass is 10.2. The monoisotopic (exact) mass is 287 g/mol. The Bertz CT molecular complexity index is 331. The molecule has 0 bridgehead atoms. The Balaban J connectivity index is 2.43. The maximum Gasteiger partial charge on any atom is 0.129 e. The van der Waals surface area contributed by atoms with Gasteiger partial charge in [0.05, 0.1) is 11.1 Å². The summed E-state index contributed by atoms with van der Waals surface area (Å²) in [5.41, 5.74) is 1.17. The fourth-order valence-electron chi connectivity index (χ4n) is 1.40. The van der Waals surface area contributed by atoms with Crippen LogP contribution < -0.4 is 0 Å². The van der Waals surface area contributed by atoms with Gasteiger partial charge >= 0.3 is 0 Å². The molecule has 0 saturated carbocycles. The third-order valence-corrected chi connectivity index (χ3v) is 2.92. The van der Waals surface area contributed by atoms with Crippen molar-refractivity contribution in [1.29, 1.82) is 0 Å². The van der Waals surface area contributed by atoms with Gasteiger partial charge in [0.1, 0.15) is 5.75 Å². The standard InChI is InChI=1S/C12H18BrNO2/c1-3-16-7-6-14(2)9-10-4-5-12(15)11(13)8-10/h4-5,8,15H,3,6-7,9H2,1-2H3. The summed E-state index contributed by atoms with van der Waals surface area (Å²) in [5, 5.41) is 9.37. The number of hydrogen-bond acceptors (Lipinski definition) is 3. The number of benzene rings is 1. The van der Waals surface area contributed by atoms with Gasteiger partial charge in [-0.05, 0) is 47.6 Å². The number of likely N-dealkylation sites (N-methyl/N-ethyl adjacent to an activating group) is 1. The highest BCUT2D eigenvalue weighted by Gasteiger charge is 2.03. The number of nitrogens with zero attached hydrogens (tertiary/aromatic N) is 1. The lowest BCUT2D eigenvalue weighted by Crippen LogP contribution is -2.22. The molecule has 0 heterocycles. The number of rotatable bonds is 6. The fourth-order valence-corrected chi connectivity index (χ4v) is 1.83. The summed E-state index contributed by atoms with van der Waals surface area (Å²) >= 11 is 3.31. The maximum atomic E-state index is 9.37. The van der Waals surface area contributed by atoms with Crippen LogP contribution in [-0.4, -0.2) is 36.8 Å². The van der Waals surface area contributed by atoms with Gasteiger partial charge in [0, 0.05) is 19.7 Å². The number of ether oxygens (including phenoxy) is 1. The Morgan fingerprint density at radius 1 is 1.44 bits per heavy atom. The largest absolute Gasteiger partial charge is 0.507 e. The van der Waals surface area contributed by atoms with E-state index in [-0.39, 0.29) is 5.75 Å². The second kappa shape index (κ2) is 6.89. The van der Waals surface area contributed by atoms with Crippen molar-refractivity contribution in [2.75, 3.05) is 26.8 Å². The highest BCUT2D eigenvalue weighted by atomic mass is 79.9. The van der Waals surface area contributed by atoms with E-state index in [1.807, 2.05) is 19.1 Å². The highest BCUT2D eigenvalue weighted by Crippen LogP contribution is 2.24. The molecule has 16 heavy (non-hydrogen) atoms. The number of phenols is 1. The lowest BCUT2D eigenvalue weighted by molar-refractivity contribution is 0.120. The van der Waals surface area contributed by atoms with Crippen molar-refractivity contribution in [2.45, 2.75) is 13.5 Å². The van der Waals surface area contributed by atoms with Gasteiger partial charge in [0.15, 0.2) is 0 Å². The minimum absolute atomic E-state index is 0.278. The molecule has 0 unspecified atom stereocenters. The molecule has 1 aromatic carbocycles. The van der Waals surface area contributed by atoms with Gasteiger partial charge in [-0.2, -0.15) is 0 Å². The number of phenolic OH excluding ortho intramolecular Hbond substituents is 1. The molecule has 90 valence electrons. The molecule has 1 rings (SSSR count). The Hall–Kier alpha value is -0.580. The summed E-state index contributed by atoms with van der Waals surface area (Å²) in [6, 6.07) is 5.57. The van der Waals surface area contributed by atoms with Gasteiger partial charge in [-0.25, -0.2) is 0 Å². The molecule has 0 aliphatic rings. The van der Waals surface area contributed by atoms with Crippen molar-refractivity contribution >= 4 is 15.9 Å². The molecule has 4 heteroatoms. The van der Waals surface area contributed by atoms with Crippen LogP contribution in [0.2, 0.25) is 0 Å². The summed E-state index contributed by atoms with van der Waals surface area (Å²) in [4.78, 5) is 2.19. The van der Waals surface area contributed by atoms with E-state index in [1.54, 1.807) is 6.07 Å². The van der Waals surface area contributed by atoms with Crippen molar-refractivity contribution in [3.8, 4) is 5.75 Å². The molecule has 0 amide bonds. The smallest absolute Gasteiger partial charge is 0.129 e. The molecule has 0 aliphatic carbocycles. The summed E-state index contributed by atoms with van der Waals surface area (Å²) in [7, 11) is 2.06. The predicted molar refractivity (Wildman–Crippen MR) is 68.6 cm³/mol. The zero-order valence-corrected chi connectivity index (χ0v) is 11.3. The topological polar surface area (TPSA) is 32.7 Å². The first-order valence-electron chi connectivity index (χ1n) is 5.37. The Labute approximate surface area is 105 Å². The average Bonchev–Trinajstić information content (AvgIpc) is 2.24. The van der Waals surface area contributed by atoms with Crippen molar-refractivity contribution < 1.29 is 9.84 Å². The fraction of sp³-hybridized carbons (Fsp3) is 0.500. The van der Waals surface area contributed by atoms with Crippen molar-refractivity contribution in [1.82, 2.24) is 4.90 Å². The van der Waals surface area contributed by atoms with Crippen LogP contribution in [0.4, 0.5) is 0 Å². The van der Waals surface area contributed by atoms with Gasteiger partial charge in [0.25, 0.3) is 0 Å². The Kier molecular flexibility index (Phi) is 5.80. The van der Waals surface area contributed by atoms with Crippen molar-refractivity contribution in [3.63, 3.8) is 0 Å². The first kappa shape index (κ1) is 13.5. The normalized spacial score (nSPS) is 11.0. The second-order valence-corrected chi connectivity index (χ2v) is 4.57. The molecule has 0 saturated heterocycles. The predicted octanol–water partition coefficient (Wildman–Crippen LogP) is 2.62. The van der Waals surface area contributed by atoms with Gasteiger partial charge in [-0.1, -0.05) is 6.07 Å². The number of hydrogen-bond donors (Lipinski definition) is 1. The third-order valence-electron chi connectivity index (χ3n) is 2.29. The maximum absolute atomic E-state index is 9.37. The summed E-state index contributed by atoms with van der Waals surface area (Å²) < 4.78 is 6.03. The van der Waals surface area contributed by atoms with E-state index in [9.17, 15) is 5.11 Å².